The van der Waals surface area contributed by atoms with Crippen molar-refractivity contribution in [2.75, 3.05) is 26.2 Å². The highest BCUT2D eigenvalue weighted by molar-refractivity contribution is 5.98. The van der Waals surface area contributed by atoms with E-state index < -0.39 is 122 Å². The zero-order chi connectivity index (χ0) is 38.2. The largest absolute Gasteiger partial charge is 0.481 e. The molecule has 4 unspecified atom stereocenters. The number of rotatable bonds is 19. The first-order valence-electron chi connectivity index (χ1n) is 16.8. The molecule has 21 nitrogen and oxygen atoms in total. The van der Waals surface area contributed by atoms with Gasteiger partial charge in [-0.2, -0.15) is 0 Å². The molecule has 286 valence electrons. The zero-order valence-electron chi connectivity index (χ0n) is 28.4. The Hall–Kier alpha value is -4.28. The molecule has 0 aromatic rings. The van der Waals surface area contributed by atoms with E-state index in [9.17, 15) is 58.8 Å². The summed E-state index contributed by atoms with van der Waals surface area (Å²) in [6.45, 7) is 2.42. The highest BCUT2D eigenvalue weighted by Gasteiger charge is 2.52. The maximum absolute atomic E-state index is 13.4. The Morgan fingerprint density at radius 3 is 2.27 bits per heavy atom. The third-order valence-electron chi connectivity index (χ3n) is 9.41. The molecule has 0 aromatic heterocycles. The van der Waals surface area contributed by atoms with Gasteiger partial charge in [0, 0.05) is 12.0 Å². The fourth-order valence-corrected chi connectivity index (χ4v) is 6.78. The van der Waals surface area contributed by atoms with Crippen LogP contribution in [0.3, 0.4) is 0 Å². The monoisotopic (exact) mass is 727 g/mol. The van der Waals surface area contributed by atoms with Gasteiger partial charge >= 0.3 is 11.9 Å². The summed E-state index contributed by atoms with van der Waals surface area (Å²) in [4.78, 5) is 103. The molecule has 2 heterocycles. The molecule has 1 aliphatic carbocycles. The number of amides is 5. The van der Waals surface area contributed by atoms with E-state index in [-0.39, 0.29) is 31.6 Å². The number of carboxylic acid groups (broad SMARTS) is 2. The van der Waals surface area contributed by atoms with Crippen LogP contribution in [-0.4, -0.2) is 158 Å². The van der Waals surface area contributed by atoms with Gasteiger partial charge < -0.3 is 58.1 Å². The Labute approximate surface area is 293 Å². The number of hydrogen-bond acceptors (Lipinski definition) is 14. The van der Waals surface area contributed by atoms with E-state index in [0.717, 1.165) is 4.90 Å². The van der Waals surface area contributed by atoms with E-state index in [2.05, 4.69) is 26.6 Å². The fourth-order valence-electron chi connectivity index (χ4n) is 6.78. The van der Waals surface area contributed by atoms with Gasteiger partial charge in [-0.15, -0.1) is 0 Å². The van der Waals surface area contributed by atoms with Crippen LogP contribution in [0.1, 0.15) is 52.4 Å². The molecule has 0 radical (unpaired) electrons. The zero-order valence-corrected chi connectivity index (χ0v) is 28.4. The Bertz CT molecular complexity index is 1340. The summed E-state index contributed by atoms with van der Waals surface area (Å²) in [6.07, 6.45) is -1.66. The quantitative estimate of drug-likeness (QED) is 0.0436. The number of carboxylic acids is 2. The van der Waals surface area contributed by atoms with Crippen molar-refractivity contribution < 1.29 is 58.8 Å². The average molecular weight is 728 g/mol. The number of carbonyl (C=O) groups is 8. The summed E-state index contributed by atoms with van der Waals surface area (Å²) < 4.78 is 0. The number of ketones is 1. The topological polar surface area (TPSA) is 336 Å². The Balaban J connectivity index is 1.58. The smallest absolute Gasteiger partial charge is 0.326 e. The lowest BCUT2D eigenvalue weighted by atomic mass is 9.75. The molecular formula is C30H49N9O12. The number of hydrogen-bond donors (Lipinski definition) is 11. The lowest BCUT2D eigenvalue weighted by molar-refractivity contribution is -0.157. The van der Waals surface area contributed by atoms with Gasteiger partial charge in [-0.1, -0.05) is 6.92 Å². The molecule has 21 heteroatoms. The van der Waals surface area contributed by atoms with Crippen LogP contribution in [0.4, 0.5) is 0 Å². The summed E-state index contributed by atoms with van der Waals surface area (Å²) in [5.74, 6) is -7.81. The number of nitrogens with zero attached hydrogens (tertiary/aromatic N) is 2. The second-order valence-corrected chi connectivity index (χ2v) is 13.1. The summed E-state index contributed by atoms with van der Waals surface area (Å²) in [5.41, 5.74) is 10.8. The molecule has 1 saturated carbocycles. The minimum Gasteiger partial charge on any atom is -0.481 e. The number of nitrogens with one attached hydrogen (secondary N) is 5. The Morgan fingerprint density at radius 2 is 1.69 bits per heavy atom. The molecule has 3 aliphatic rings. The van der Waals surface area contributed by atoms with Gasteiger partial charge in [-0.3, -0.25) is 43.8 Å². The first kappa shape index (κ1) is 41.1. The van der Waals surface area contributed by atoms with E-state index in [4.69, 9.17) is 11.5 Å². The summed E-state index contributed by atoms with van der Waals surface area (Å²) in [6, 6.07) is -7.79. The maximum Gasteiger partial charge on any atom is 0.326 e. The molecule has 51 heavy (non-hydrogen) atoms. The van der Waals surface area contributed by atoms with Gasteiger partial charge in [0.15, 0.2) is 5.78 Å². The van der Waals surface area contributed by atoms with Crippen LogP contribution in [0, 0.1) is 5.92 Å². The fraction of sp³-hybridized carbons (Fsp3) is 0.733. The van der Waals surface area contributed by atoms with Crippen LogP contribution in [0.15, 0.2) is 0 Å². The molecule has 2 aliphatic heterocycles. The second kappa shape index (κ2) is 18.3. The van der Waals surface area contributed by atoms with Crippen LogP contribution in [0.2, 0.25) is 0 Å². The maximum atomic E-state index is 13.4. The van der Waals surface area contributed by atoms with Crippen molar-refractivity contribution >= 4 is 47.3 Å². The molecule has 3 fully saturated rings. The highest BCUT2D eigenvalue weighted by Crippen LogP contribution is 2.34. The molecule has 0 bridgehead atoms. The molecule has 5 amide bonds. The van der Waals surface area contributed by atoms with Gasteiger partial charge in [-0.25, -0.2) is 4.79 Å². The lowest BCUT2D eigenvalue weighted by Crippen LogP contribution is -2.65. The average Bonchev–Trinajstić information content (AvgIpc) is 3.64. The van der Waals surface area contributed by atoms with Crippen molar-refractivity contribution in [3.05, 3.63) is 0 Å². The van der Waals surface area contributed by atoms with Crippen molar-refractivity contribution in [3.63, 3.8) is 0 Å². The van der Waals surface area contributed by atoms with E-state index >= 15 is 0 Å². The van der Waals surface area contributed by atoms with E-state index in [1.807, 2.05) is 0 Å². The predicted molar refractivity (Wildman–Crippen MR) is 174 cm³/mol. The van der Waals surface area contributed by atoms with Crippen LogP contribution in [-0.2, 0) is 38.4 Å². The van der Waals surface area contributed by atoms with E-state index in [1.165, 1.54) is 6.92 Å². The van der Waals surface area contributed by atoms with Gasteiger partial charge in [0.1, 0.15) is 36.6 Å². The highest BCUT2D eigenvalue weighted by atomic mass is 16.4. The lowest BCUT2D eigenvalue weighted by Gasteiger charge is -2.45. The van der Waals surface area contributed by atoms with Crippen molar-refractivity contribution in [2.45, 2.75) is 107 Å². The van der Waals surface area contributed by atoms with Crippen LogP contribution < -0.4 is 38.1 Å². The van der Waals surface area contributed by atoms with E-state index in [1.54, 1.807) is 11.8 Å². The van der Waals surface area contributed by atoms with Gasteiger partial charge in [0.05, 0.1) is 31.7 Å². The van der Waals surface area contributed by atoms with E-state index in [0.29, 0.717) is 19.4 Å². The normalized spacial score (nSPS) is 26.6. The number of aliphatic hydroxyl groups is 2. The minimum absolute atomic E-state index is 0.0213. The third-order valence-corrected chi connectivity index (χ3v) is 9.41. The van der Waals surface area contributed by atoms with Gasteiger partial charge in [0.2, 0.25) is 29.5 Å². The number of nitrogens with two attached hydrogens (primary N) is 2. The number of aliphatic hydroxyl groups excluding tert-OH is 2. The predicted octanol–water partition coefficient (Wildman–Crippen LogP) is -5.92. The second-order valence-electron chi connectivity index (χ2n) is 13.1. The van der Waals surface area contributed by atoms with Gasteiger partial charge in [-0.05, 0) is 52.1 Å². The first-order valence-corrected chi connectivity index (χ1v) is 16.8. The summed E-state index contributed by atoms with van der Waals surface area (Å²) in [7, 11) is 0. The van der Waals surface area contributed by atoms with Crippen LogP contribution >= 0.6 is 0 Å². The molecule has 13 N–H and O–H groups in total. The number of Topliss-reactive ketones (excluding diaryl/α,β-unsaturated/α-hetero) is 1. The molecular weight excluding hydrogens is 678 g/mol. The van der Waals surface area contributed by atoms with Crippen molar-refractivity contribution in [1.29, 1.82) is 0 Å². The standard InChI is InChI=1S/C30H49N9O12/c1-13-9-17(28(49)39(13)19(12-40)27(48)36-15(29(50)51)5-3-7-33-30(31)32)37-25(46)16(10-21(42)43)35-20(41)11-34-26(47)18-6-4-8-38(18)22-14(2)23(44)24(22)45/h13-19,22,24,30,33,40,45H,3-12,31-32H2,1-2H3,(H,34,47)(H,35,41)(H,36,48)(H,37,46)(H,42,43)(H,50,51)/t13?,14-,15?,16-,17?,18-,19-,22?,24+/m1/s1. The number of carbonyl (C=O) groups excluding carboxylic acids is 6. The minimum atomic E-state index is -1.67. The third kappa shape index (κ3) is 10.4. The first-order chi connectivity index (χ1) is 24.0. The van der Waals surface area contributed by atoms with Crippen molar-refractivity contribution in [3.8, 4) is 0 Å². The summed E-state index contributed by atoms with van der Waals surface area (Å²) >= 11 is 0. The summed E-state index contributed by atoms with van der Waals surface area (Å²) in [5, 5.41) is 51.2. The Morgan fingerprint density at radius 1 is 1.00 bits per heavy atom. The van der Waals surface area contributed by atoms with Crippen molar-refractivity contribution in [2.24, 2.45) is 17.4 Å². The Kier molecular flexibility index (Phi) is 14.7. The van der Waals surface area contributed by atoms with Gasteiger partial charge in [0.25, 0.3) is 0 Å². The number of likely N-dealkylation sites (tertiary alicyclic amines) is 2. The molecule has 2 saturated heterocycles. The molecule has 3 rings (SSSR count). The molecule has 0 aromatic carbocycles. The number of aliphatic carboxylic acids is 2. The molecule has 9 atom stereocenters. The molecule has 0 spiro atoms. The van der Waals surface area contributed by atoms with Crippen molar-refractivity contribution in [1.82, 2.24) is 36.4 Å². The van der Waals surface area contributed by atoms with Crippen LogP contribution in [0.5, 0.6) is 0 Å². The SMILES string of the molecule is CC1CC(NC(=O)[C@@H](CC(=O)O)NC(=O)CNC(=O)[C@H]2CCCN2C2[C@H](O)C(=O)[C@@H]2C)C(=O)N1[C@H](CO)C(=O)NC(CCCNC(N)N)C(=O)O. The van der Waals surface area contributed by atoms with Crippen LogP contribution in [0.25, 0.3) is 0 Å².